The topological polar surface area (TPSA) is 34.1 Å². The van der Waals surface area contributed by atoms with Crippen molar-refractivity contribution < 1.29 is 4.74 Å². The number of nitrogens with one attached hydrogen (secondary N) is 1. The molecule has 1 aromatic carbocycles. The normalized spacial score (nSPS) is 12.1. The minimum atomic E-state index is 0.0758. The number of nitrogens with zero attached hydrogens (tertiary/aromatic N) is 1. The highest BCUT2D eigenvalue weighted by Gasteiger charge is 2.12. The van der Waals surface area contributed by atoms with Crippen molar-refractivity contribution in [1.82, 2.24) is 10.3 Å². The van der Waals surface area contributed by atoms with Crippen LogP contribution in [0.25, 0.3) is 10.8 Å². The molecule has 20 heavy (non-hydrogen) atoms. The lowest BCUT2D eigenvalue weighted by molar-refractivity contribution is 0.235. The lowest BCUT2D eigenvalue weighted by Crippen LogP contribution is -2.35. The minimum absolute atomic E-state index is 0.0758. The lowest BCUT2D eigenvalue weighted by Gasteiger charge is -2.21. The lowest BCUT2D eigenvalue weighted by atomic mass is 10.1. The van der Waals surface area contributed by atoms with E-state index in [1.807, 2.05) is 26.0 Å². The Hall–Kier alpha value is -1.61. The summed E-state index contributed by atoms with van der Waals surface area (Å²) in [4.78, 5) is 4.66. The summed E-state index contributed by atoms with van der Waals surface area (Å²) in [6.45, 7) is 11.2. The largest absolute Gasteiger partial charge is 0.474 e. The van der Waals surface area contributed by atoms with Crippen molar-refractivity contribution in [2.24, 2.45) is 0 Å². The molecule has 3 nitrogen and oxygen atoms in total. The first-order chi connectivity index (χ1) is 9.35. The molecule has 0 aliphatic carbocycles. The zero-order valence-corrected chi connectivity index (χ0v) is 13.0. The van der Waals surface area contributed by atoms with E-state index in [0.29, 0.717) is 0 Å². The van der Waals surface area contributed by atoms with Crippen LogP contribution >= 0.6 is 0 Å². The number of pyridine rings is 1. The molecular weight excluding hydrogens is 248 g/mol. The van der Waals surface area contributed by atoms with Gasteiger partial charge in [0.2, 0.25) is 5.88 Å². The molecule has 1 heterocycles. The van der Waals surface area contributed by atoms with E-state index in [-0.39, 0.29) is 11.6 Å². The molecule has 0 atom stereocenters. The molecule has 0 radical (unpaired) electrons. The average molecular weight is 272 g/mol. The monoisotopic (exact) mass is 272 g/mol. The van der Waals surface area contributed by atoms with Gasteiger partial charge >= 0.3 is 0 Å². The maximum Gasteiger partial charge on any atom is 0.221 e. The molecule has 3 heteroatoms. The second kappa shape index (κ2) is 5.80. The summed E-state index contributed by atoms with van der Waals surface area (Å²) in [6.07, 6.45) is 0.122. The van der Waals surface area contributed by atoms with E-state index in [1.165, 1.54) is 5.39 Å². The standard InChI is InChI=1S/C17H24N2O/c1-12(2)20-16-15-9-7-6-8-13(15)10-14(19-16)11-18-17(3,4)5/h6-10,12,18H,11H2,1-5H3. The van der Waals surface area contributed by atoms with E-state index in [0.717, 1.165) is 23.5 Å². The Kier molecular flexibility index (Phi) is 4.29. The Labute approximate surface area is 121 Å². The zero-order valence-electron chi connectivity index (χ0n) is 13.0. The molecule has 2 aromatic rings. The molecule has 0 bridgehead atoms. The fourth-order valence-corrected chi connectivity index (χ4v) is 1.98. The van der Waals surface area contributed by atoms with E-state index in [4.69, 9.17) is 4.74 Å². The van der Waals surface area contributed by atoms with Gasteiger partial charge in [-0.3, -0.25) is 0 Å². The van der Waals surface area contributed by atoms with E-state index >= 15 is 0 Å². The van der Waals surface area contributed by atoms with Crippen LogP contribution in [0.2, 0.25) is 0 Å². The summed E-state index contributed by atoms with van der Waals surface area (Å²) >= 11 is 0. The summed E-state index contributed by atoms with van der Waals surface area (Å²) in [6, 6.07) is 10.3. The molecule has 0 aliphatic rings. The van der Waals surface area contributed by atoms with Gasteiger partial charge in [-0.15, -0.1) is 0 Å². The van der Waals surface area contributed by atoms with Crippen LogP contribution in [0.15, 0.2) is 30.3 Å². The van der Waals surface area contributed by atoms with Gasteiger partial charge in [-0.2, -0.15) is 0 Å². The van der Waals surface area contributed by atoms with Gasteiger partial charge in [-0.1, -0.05) is 18.2 Å². The van der Waals surface area contributed by atoms with Gasteiger partial charge in [0.1, 0.15) is 0 Å². The molecule has 0 unspecified atom stereocenters. The third-order valence-electron chi connectivity index (χ3n) is 2.91. The predicted molar refractivity (Wildman–Crippen MR) is 84.1 cm³/mol. The number of hydrogen-bond acceptors (Lipinski definition) is 3. The maximum atomic E-state index is 5.86. The molecule has 1 N–H and O–H groups in total. The van der Waals surface area contributed by atoms with Crippen molar-refractivity contribution in [2.75, 3.05) is 0 Å². The van der Waals surface area contributed by atoms with Crippen molar-refractivity contribution in [3.8, 4) is 5.88 Å². The number of benzene rings is 1. The molecule has 0 aliphatic heterocycles. The fraction of sp³-hybridized carbons (Fsp3) is 0.471. The molecule has 0 saturated carbocycles. The molecule has 1 aromatic heterocycles. The van der Waals surface area contributed by atoms with Gasteiger partial charge in [-0.25, -0.2) is 4.98 Å². The first-order valence-electron chi connectivity index (χ1n) is 7.15. The number of hydrogen-bond donors (Lipinski definition) is 1. The van der Waals surface area contributed by atoms with Crippen molar-refractivity contribution >= 4 is 10.8 Å². The Bertz CT molecular complexity index is 585. The Morgan fingerprint density at radius 1 is 1.20 bits per heavy atom. The first kappa shape index (κ1) is 14.8. The van der Waals surface area contributed by atoms with Crippen LogP contribution in [0.1, 0.15) is 40.3 Å². The highest BCUT2D eigenvalue weighted by atomic mass is 16.5. The van der Waals surface area contributed by atoms with Crippen LogP contribution in [0.4, 0.5) is 0 Å². The van der Waals surface area contributed by atoms with Crippen LogP contribution in [0.3, 0.4) is 0 Å². The van der Waals surface area contributed by atoms with Crippen molar-refractivity contribution in [2.45, 2.75) is 52.8 Å². The van der Waals surface area contributed by atoms with Crippen LogP contribution in [-0.2, 0) is 6.54 Å². The number of ether oxygens (including phenoxy) is 1. The first-order valence-corrected chi connectivity index (χ1v) is 7.15. The summed E-state index contributed by atoms with van der Waals surface area (Å²) < 4.78 is 5.86. The van der Waals surface area contributed by atoms with Gasteiger partial charge < -0.3 is 10.1 Å². The summed E-state index contributed by atoms with van der Waals surface area (Å²) in [5.74, 6) is 0.726. The van der Waals surface area contributed by atoms with Crippen molar-refractivity contribution in [3.63, 3.8) is 0 Å². The number of fused-ring (bicyclic) bond motifs is 1. The van der Waals surface area contributed by atoms with Gasteiger partial charge in [-0.05, 0) is 52.1 Å². The highest BCUT2D eigenvalue weighted by Crippen LogP contribution is 2.25. The van der Waals surface area contributed by atoms with Gasteiger partial charge in [0, 0.05) is 17.5 Å². The maximum absolute atomic E-state index is 5.86. The van der Waals surface area contributed by atoms with E-state index in [1.54, 1.807) is 0 Å². The van der Waals surface area contributed by atoms with Crippen LogP contribution in [0.5, 0.6) is 5.88 Å². The van der Waals surface area contributed by atoms with E-state index in [2.05, 4.69) is 49.3 Å². The molecule has 0 spiro atoms. The molecule has 0 fully saturated rings. The molecule has 108 valence electrons. The van der Waals surface area contributed by atoms with Crippen LogP contribution in [-0.4, -0.2) is 16.6 Å². The van der Waals surface area contributed by atoms with Crippen LogP contribution < -0.4 is 10.1 Å². The third-order valence-corrected chi connectivity index (χ3v) is 2.91. The summed E-state index contributed by atoms with van der Waals surface area (Å²) in [5.41, 5.74) is 1.08. The smallest absolute Gasteiger partial charge is 0.221 e. The Balaban J connectivity index is 2.36. The second-order valence-electron chi connectivity index (χ2n) is 6.41. The van der Waals surface area contributed by atoms with Gasteiger partial charge in [0.05, 0.1) is 11.8 Å². The molecule has 2 rings (SSSR count). The quantitative estimate of drug-likeness (QED) is 0.916. The van der Waals surface area contributed by atoms with Crippen molar-refractivity contribution in [3.05, 3.63) is 36.0 Å². The van der Waals surface area contributed by atoms with E-state index in [9.17, 15) is 0 Å². The SMILES string of the molecule is CC(C)Oc1nc(CNC(C)(C)C)cc2ccccc12. The average Bonchev–Trinajstić information content (AvgIpc) is 2.35. The fourth-order valence-electron chi connectivity index (χ4n) is 1.98. The van der Waals surface area contributed by atoms with Gasteiger partial charge in [0.25, 0.3) is 0 Å². The molecule has 0 saturated heterocycles. The predicted octanol–water partition coefficient (Wildman–Crippen LogP) is 3.91. The number of rotatable bonds is 4. The Morgan fingerprint density at radius 3 is 2.55 bits per heavy atom. The second-order valence-corrected chi connectivity index (χ2v) is 6.41. The zero-order chi connectivity index (χ0) is 14.8. The van der Waals surface area contributed by atoms with Crippen LogP contribution in [0, 0.1) is 0 Å². The van der Waals surface area contributed by atoms with Gasteiger partial charge in [0.15, 0.2) is 0 Å². The highest BCUT2D eigenvalue weighted by molar-refractivity contribution is 5.87. The summed E-state index contributed by atoms with van der Waals surface area (Å²) in [5, 5.41) is 5.71. The summed E-state index contributed by atoms with van der Waals surface area (Å²) in [7, 11) is 0. The Morgan fingerprint density at radius 2 is 1.90 bits per heavy atom. The minimum Gasteiger partial charge on any atom is -0.474 e. The third kappa shape index (κ3) is 3.94. The molecule has 0 amide bonds. The van der Waals surface area contributed by atoms with Crippen molar-refractivity contribution in [1.29, 1.82) is 0 Å². The van der Waals surface area contributed by atoms with E-state index < -0.39 is 0 Å². The number of aromatic nitrogens is 1. The molecular formula is C17H24N2O.